The van der Waals surface area contributed by atoms with Crippen LogP contribution in [0.3, 0.4) is 0 Å². The summed E-state index contributed by atoms with van der Waals surface area (Å²) in [6.07, 6.45) is -0.986. The summed E-state index contributed by atoms with van der Waals surface area (Å²) in [5.74, 6) is -2.09. The molecule has 0 saturated carbocycles. The molecule has 1 unspecified atom stereocenters. The van der Waals surface area contributed by atoms with Crippen molar-refractivity contribution in [1.29, 1.82) is 0 Å². The fraction of sp³-hybridized carbons (Fsp3) is 0.262. The number of hydrogen-bond donors (Lipinski definition) is 1. The highest BCUT2D eigenvalue weighted by Crippen LogP contribution is 2.53. The molecule has 0 amide bonds. The van der Waals surface area contributed by atoms with E-state index in [9.17, 15) is 19.5 Å². The summed E-state index contributed by atoms with van der Waals surface area (Å²) < 4.78 is 111. The molecule has 20 nitrogen and oxygen atoms in total. The molecular formula is C107H110O20P4. The zero-order valence-corrected chi connectivity index (χ0v) is 79.5. The molecule has 0 aromatic heterocycles. The summed E-state index contributed by atoms with van der Waals surface area (Å²) in [5.41, 5.74) is 6.34. The molecule has 12 aromatic rings. The highest BCUT2D eigenvalue weighted by Gasteiger charge is 2.44. The van der Waals surface area contributed by atoms with Gasteiger partial charge < -0.3 is 61.3 Å². The van der Waals surface area contributed by atoms with Gasteiger partial charge in [0.1, 0.15) is 19.8 Å². The van der Waals surface area contributed by atoms with Crippen molar-refractivity contribution >= 4 is 111 Å². The van der Waals surface area contributed by atoms with Crippen molar-refractivity contribution in [1.82, 2.24) is 0 Å². The average Bonchev–Trinajstić information content (AvgIpc) is 0.762. The third-order valence-corrected chi connectivity index (χ3v) is 35.5. The fourth-order valence-corrected chi connectivity index (χ4v) is 27.5. The predicted molar refractivity (Wildman–Crippen MR) is 514 cm³/mol. The van der Waals surface area contributed by atoms with Crippen molar-refractivity contribution in [2.24, 2.45) is 5.41 Å². The molecular weight excluding hydrogens is 1730 g/mol. The van der Waals surface area contributed by atoms with Gasteiger partial charge in [-0.05, 0) is 172 Å². The Labute approximate surface area is 766 Å². The summed E-state index contributed by atoms with van der Waals surface area (Å²) in [5, 5.41) is 14.9. The Morgan fingerprint density at radius 1 is 0.267 bits per heavy atom. The van der Waals surface area contributed by atoms with E-state index in [1.165, 1.54) is 0 Å². The lowest BCUT2D eigenvalue weighted by Crippen LogP contribution is -2.43. The van der Waals surface area contributed by atoms with E-state index in [1.54, 1.807) is 322 Å². The van der Waals surface area contributed by atoms with Crippen LogP contribution >= 0.6 is 28.6 Å². The van der Waals surface area contributed by atoms with E-state index >= 15 is 37.4 Å². The quantitative estimate of drug-likeness (QED) is 0.0122. The summed E-state index contributed by atoms with van der Waals surface area (Å²) in [6, 6.07) is 76.1. The second-order valence-corrected chi connectivity index (χ2v) is 43.7. The maximum Gasteiger partial charge on any atom is 0.308 e. The SMILES string of the molecule is Cc1cc(C)c(C(=O)P(=O)(c2ccccc2)c2ccccc2)c(C)c1COC(=O)CCOCC(COCCC(=O)OCc1c(C)cc(C)c(C(=O)P(=O)(c2ccccc2)c2ccccc2)c1C)(COCCC(=O)OCc1c(C)cc(C)c(C(=O)P(=O)(c2ccccc2)c2ccccc2)c1C)COC(O)OCc1c(C)cc(C)c(C(=O)P(=O)(c2ccccc2)c2ccccc2)c1C. The number of carbonyl (C=O) groups excluding carboxylic acids is 7. The highest BCUT2D eigenvalue weighted by molar-refractivity contribution is 7.95. The number of carbonyl (C=O) groups is 7. The summed E-state index contributed by atoms with van der Waals surface area (Å²) in [7, 11) is -15.9. The van der Waals surface area contributed by atoms with Gasteiger partial charge in [0, 0.05) is 64.7 Å². The van der Waals surface area contributed by atoms with Crippen molar-refractivity contribution in [3.8, 4) is 0 Å². The van der Waals surface area contributed by atoms with Crippen LogP contribution in [0.1, 0.15) is 150 Å². The summed E-state index contributed by atoms with van der Waals surface area (Å²) >= 11 is 0. The van der Waals surface area contributed by atoms with Gasteiger partial charge in [0.15, 0.2) is 0 Å². The fourth-order valence-electron chi connectivity index (χ4n) is 17.1. The number of rotatable bonds is 43. The Hall–Kier alpha value is -11.6. The molecule has 1 N–H and O–H groups in total. The van der Waals surface area contributed by atoms with Crippen LogP contribution in [0.25, 0.3) is 0 Å². The van der Waals surface area contributed by atoms with Crippen molar-refractivity contribution < 1.29 is 94.8 Å². The van der Waals surface area contributed by atoms with E-state index in [4.69, 9.17) is 37.9 Å². The first-order valence-corrected chi connectivity index (χ1v) is 50.2. The van der Waals surface area contributed by atoms with Gasteiger partial charge in [0.25, 0.3) is 6.48 Å². The smallest absolute Gasteiger partial charge is 0.308 e. The van der Waals surface area contributed by atoms with Gasteiger partial charge in [0.05, 0.1) is 77.5 Å². The lowest BCUT2D eigenvalue weighted by molar-refractivity contribution is -0.285. The van der Waals surface area contributed by atoms with Crippen LogP contribution in [0.15, 0.2) is 267 Å². The Balaban J connectivity index is 0.809. The number of aliphatic hydroxyl groups excluding tert-OH is 1. The number of hydrogen-bond acceptors (Lipinski definition) is 20. The molecule has 678 valence electrons. The van der Waals surface area contributed by atoms with E-state index in [-0.39, 0.29) is 108 Å². The molecule has 0 aliphatic rings. The Morgan fingerprint density at radius 3 is 0.656 bits per heavy atom. The monoisotopic (exact) mass is 1840 g/mol. The second-order valence-electron chi connectivity index (χ2n) is 33.1. The first kappa shape index (κ1) is 98.4. The first-order chi connectivity index (χ1) is 62.8. The number of ether oxygens (including phenoxy) is 8. The van der Waals surface area contributed by atoms with Crippen molar-refractivity contribution in [2.45, 2.75) is 135 Å². The molecule has 0 aliphatic heterocycles. The minimum atomic E-state index is -4.01. The van der Waals surface area contributed by atoms with Gasteiger partial charge in [-0.1, -0.05) is 267 Å². The predicted octanol–water partition coefficient (Wildman–Crippen LogP) is 18.3. The molecule has 12 rings (SSSR count). The molecule has 0 saturated heterocycles. The highest BCUT2D eigenvalue weighted by atomic mass is 31.2. The van der Waals surface area contributed by atoms with Crippen LogP contribution < -0.4 is 42.4 Å². The number of aliphatic hydroxyl groups is 1. The zero-order chi connectivity index (χ0) is 94.0. The molecule has 0 radical (unpaired) electrons. The maximum atomic E-state index is 15.6. The largest absolute Gasteiger partial charge is 0.461 e. The zero-order valence-electron chi connectivity index (χ0n) is 75.9. The van der Waals surface area contributed by atoms with Crippen LogP contribution in [0.5, 0.6) is 0 Å². The molecule has 0 spiro atoms. The lowest BCUT2D eigenvalue weighted by atomic mass is 9.92. The second kappa shape index (κ2) is 44.1. The van der Waals surface area contributed by atoms with E-state index in [0.29, 0.717) is 115 Å². The van der Waals surface area contributed by atoms with E-state index in [1.807, 2.05) is 27.7 Å². The van der Waals surface area contributed by atoms with Crippen LogP contribution in [0.2, 0.25) is 0 Å². The van der Waals surface area contributed by atoms with Gasteiger partial charge in [-0.25, -0.2) is 0 Å². The summed E-state index contributed by atoms with van der Waals surface area (Å²) in [6.45, 7) is 15.8. The van der Waals surface area contributed by atoms with Gasteiger partial charge in [-0.3, -0.25) is 33.6 Å². The van der Waals surface area contributed by atoms with Crippen LogP contribution in [-0.2, 0) is 97.0 Å². The Morgan fingerprint density at radius 2 is 0.458 bits per heavy atom. The molecule has 1 atom stereocenters. The Kier molecular flexibility index (Phi) is 33.1. The minimum Gasteiger partial charge on any atom is -0.461 e. The third kappa shape index (κ3) is 21.9. The standard InChI is InChI=1S/C107H110O20P4/c1-71-59-75(5)98(102(111)128(116,83-37-21-13-22-38-83)84-39-23-14-24-40-84)79(9)91(71)63-123-95(108)53-56-120-67-107(70-127-106(115)126-66-94-74(4)62-78(8)101(82(94)12)105(114)131(119,89-49-33-19-34-50-89)90-51-35-20-36-52-90,68-121-57-54-96(109)124-64-92-72(2)60-76(6)99(80(92)10)103(112)129(117,85-41-25-15-26-42-85)86-43-27-16-28-44-86)69-122-58-55-97(110)125-65-93-73(3)61-77(7)100(81(93)11)104(113)130(118,87-45-29-17-30-46-87)88-47-31-18-32-48-88/h13-52,59-62,106,115H,53-58,63-70H2,1-12H3. The van der Waals surface area contributed by atoms with Crippen LogP contribution in [-0.4, -0.2) is 97.8 Å². The summed E-state index contributed by atoms with van der Waals surface area (Å²) in [4.78, 5) is 103. The molecule has 0 fully saturated rings. The number of benzene rings is 12. The molecule has 131 heavy (non-hydrogen) atoms. The molecule has 0 heterocycles. The van der Waals surface area contributed by atoms with Gasteiger partial charge in [-0.2, -0.15) is 0 Å². The van der Waals surface area contributed by atoms with Crippen LogP contribution in [0, 0.1) is 88.5 Å². The maximum absolute atomic E-state index is 15.6. The first-order valence-electron chi connectivity index (χ1n) is 43.3. The van der Waals surface area contributed by atoms with Crippen molar-refractivity contribution in [2.75, 3.05) is 46.2 Å². The number of esters is 3. The van der Waals surface area contributed by atoms with Gasteiger partial charge in [0.2, 0.25) is 50.7 Å². The van der Waals surface area contributed by atoms with Crippen LogP contribution in [0.4, 0.5) is 0 Å². The van der Waals surface area contributed by atoms with E-state index in [0.717, 1.165) is 16.7 Å². The topological polar surface area (TPSA) is 282 Å². The molecule has 12 aromatic carbocycles. The minimum absolute atomic E-state index is 0.217. The normalized spacial score (nSPS) is 12.1. The van der Waals surface area contributed by atoms with E-state index < -0.39 is 87.1 Å². The van der Waals surface area contributed by atoms with Crippen molar-refractivity contribution in [3.05, 3.63) is 378 Å². The lowest BCUT2D eigenvalue weighted by Gasteiger charge is -2.33. The van der Waals surface area contributed by atoms with E-state index in [2.05, 4.69) is 0 Å². The molecule has 24 heteroatoms. The number of aryl methyl sites for hydroxylation is 8. The van der Waals surface area contributed by atoms with Gasteiger partial charge in [-0.15, -0.1) is 0 Å². The average molecular weight is 1840 g/mol. The van der Waals surface area contributed by atoms with Gasteiger partial charge >= 0.3 is 17.9 Å². The Bertz CT molecular complexity index is 5730. The third-order valence-electron chi connectivity index (χ3n) is 24.1. The molecule has 0 bridgehead atoms. The van der Waals surface area contributed by atoms with Crippen molar-refractivity contribution in [3.63, 3.8) is 0 Å². The molecule has 0 aliphatic carbocycles.